The quantitative estimate of drug-likeness (QED) is 0.442. The fraction of sp³-hybridized carbons (Fsp3) is 1.00. The van der Waals surface area contributed by atoms with Crippen LogP contribution in [0.1, 0.15) is 25.7 Å². The predicted octanol–water partition coefficient (Wildman–Crippen LogP) is 2.41. The first kappa shape index (κ1) is 5.10. The highest BCUT2D eigenvalue weighted by Gasteiger charge is 2.49. The van der Waals surface area contributed by atoms with Crippen LogP contribution in [0, 0.1) is 11.8 Å². The molecule has 0 aromatic heterocycles. The lowest BCUT2D eigenvalue weighted by atomic mass is 10.0. The topological polar surface area (TPSA) is 0 Å². The van der Waals surface area contributed by atoms with E-state index in [1.807, 2.05) is 0 Å². The monoisotopic (exact) mass is 130 g/mol. The lowest BCUT2D eigenvalue weighted by Crippen LogP contribution is -1.91. The van der Waals surface area contributed by atoms with Crippen molar-refractivity contribution in [2.24, 2.45) is 11.8 Å². The summed E-state index contributed by atoms with van der Waals surface area (Å²) in [6.45, 7) is 0. The summed E-state index contributed by atoms with van der Waals surface area (Å²) < 4.78 is 0. The number of rotatable bonds is 0. The van der Waals surface area contributed by atoms with Crippen molar-refractivity contribution in [3.8, 4) is 0 Å². The SMILES string of the molecule is ClC1C2CCCCC12. The van der Waals surface area contributed by atoms with Crippen LogP contribution in [-0.4, -0.2) is 5.38 Å². The van der Waals surface area contributed by atoms with E-state index < -0.39 is 0 Å². The zero-order chi connectivity index (χ0) is 5.56. The maximum absolute atomic E-state index is 5.96. The molecule has 0 saturated heterocycles. The molecule has 2 saturated carbocycles. The van der Waals surface area contributed by atoms with Gasteiger partial charge in [0.15, 0.2) is 0 Å². The molecule has 0 N–H and O–H groups in total. The molecule has 0 heterocycles. The molecule has 1 heteroatoms. The molecule has 0 aromatic rings. The first-order valence-electron chi connectivity index (χ1n) is 3.53. The Morgan fingerprint density at radius 3 is 1.88 bits per heavy atom. The zero-order valence-electron chi connectivity index (χ0n) is 4.94. The van der Waals surface area contributed by atoms with Crippen LogP contribution in [0.4, 0.5) is 0 Å². The minimum Gasteiger partial charge on any atom is -0.122 e. The van der Waals surface area contributed by atoms with Gasteiger partial charge in [0.2, 0.25) is 0 Å². The molecule has 2 fully saturated rings. The second-order valence-electron chi connectivity index (χ2n) is 3.06. The second kappa shape index (κ2) is 1.63. The first-order valence-corrected chi connectivity index (χ1v) is 3.97. The fourth-order valence-electron chi connectivity index (χ4n) is 1.90. The lowest BCUT2D eigenvalue weighted by Gasteiger charge is -2.04. The molecule has 0 spiro atoms. The molecule has 0 radical (unpaired) electrons. The van der Waals surface area contributed by atoms with E-state index in [1.54, 1.807) is 0 Å². The number of fused-ring (bicyclic) bond motifs is 1. The summed E-state index contributed by atoms with van der Waals surface area (Å²) in [7, 11) is 0. The van der Waals surface area contributed by atoms with E-state index in [2.05, 4.69) is 0 Å². The van der Waals surface area contributed by atoms with Crippen LogP contribution in [0.5, 0.6) is 0 Å². The van der Waals surface area contributed by atoms with Crippen LogP contribution in [0.3, 0.4) is 0 Å². The average Bonchev–Trinajstić information content (AvgIpc) is 2.46. The van der Waals surface area contributed by atoms with Crippen LogP contribution >= 0.6 is 11.6 Å². The molecule has 0 amide bonds. The van der Waals surface area contributed by atoms with Gasteiger partial charge in [0.1, 0.15) is 0 Å². The highest BCUT2D eigenvalue weighted by atomic mass is 35.5. The Hall–Kier alpha value is 0.290. The van der Waals surface area contributed by atoms with Crippen molar-refractivity contribution < 1.29 is 0 Å². The van der Waals surface area contributed by atoms with Crippen molar-refractivity contribution in [1.82, 2.24) is 0 Å². The van der Waals surface area contributed by atoms with Gasteiger partial charge in [-0.25, -0.2) is 0 Å². The fourth-order valence-corrected chi connectivity index (χ4v) is 2.45. The van der Waals surface area contributed by atoms with E-state index in [4.69, 9.17) is 11.6 Å². The van der Waals surface area contributed by atoms with E-state index in [0.29, 0.717) is 5.38 Å². The maximum Gasteiger partial charge on any atom is 0.0398 e. The summed E-state index contributed by atoms with van der Waals surface area (Å²) in [6.07, 6.45) is 5.70. The third-order valence-corrected chi connectivity index (χ3v) is 3.20. The Kier molecular flexibility index (Phi) is 1.04. The third kappa shape index (κ3) is 0.589. The predicted molar refractivity (Wildman–Crippen MR) is 35.1 cm³/mol. The Morgan fingerprint density at radius 1 is 1.00 bits per heavy atom. The summed E-state index contributed by atoms with van der Waals surface area (Å²) in [5.74, 6) is 1.87. The normalized spacial score (nSPS) is 52.9. The van der Waals surface area contributed by atoms with Crippen LogP contribution < -0.4 is 0 Å². The number of hydrogen-bond acceptors (Lipinski definition) is 0. The first-order chi connectivity index (χ1) is 3.89. The summed E-state index contributed by atoms with van der Waals surface area (Å²) in [6, 6.07) is 0. The van der Waals surface area contributed by atoms with Gasteiger partial charge < -0.3 is 0 Å². The summed E-state index contributed by atoms with van der Waals surface area (Å²) in [5, 5.41) is 0.581. The van der Waals surface area contributed by atoms with Gasteiger partial charge in [-0.3, -0.25) is 0 Å². The third-order valence-electron chi connectivity index (χ3n) is 2.55. The van der Waals surface area contributed by atoms with Gasteiger partial charge in [0.05, 0.1) is 0 Å². The van der Waals surface area contributed by atoms with Gasteiger partial charge in [-0.15, -0.1) is 11.6 Å². The molecule has 46 valence electrons. The molecule has 8 heavy (non-hydrogen) atoms. The Bertz CT molecular complexity index is 88.6. The van der Waals surface area contributed by atoms with Gasteiger partial charge in [-0.05, 0) is 24.7 Å². The van der Waals surface area contributed by atoms with E-state index >= 15 is 0 Å². The summed E-state index contributed by atoms with van der Waals surface area (Å²) >= 11 is 5.96. The molecule has 2 atom stereocenters. The van der Waals surface area contributed by atoms with E-state index in [0.717, 1.165) is 11.8 Å². The number of hydrogen-bond donors (Lipinski definition) is 0. The van der Waals surface area contributed by atoms with Crippen molar-refractivity contribution >= 4 is 11.6 Å². The molecule has 0 aliphatic heterocycles. The van der Waals surface area contributed by atoms with Crippen molar-refractivity contribution in [3.63, 3.8) is 0 Å². The highest BCUT2D eigenvalue weighted by molar-refractivity contribution is 6.23. The minimum atomic E-state index is 0.581. The molecule has 0 bridgehead atoms. The Labute approximate surface area is 55.2 Å². The molecule has 2 aliphatic rings. The van der Waals surface area contributed by atoms with E-state index in [9.17, 15) is 0 Å². The zero-order valence-corrected chi connectivity index (χ0v) is 5.69. The summed E-state index contributed by atoms with van der Waals surface area (Å²) in [5.41, 5.74) is 0. The van der Waals surface area contributed by atoms with Crippen molar-refractivity contribution in [2.75, 3.05) is 0 Å². The minimum absolute atomic E-state index is 0.581. The van der Waals surface area contributed by atoms with Gasteiger partial charge in [0, 0.05) is 5.38 Å². The Morgan fingerprint density at radius 2 is 1.50 bits per heavy atom. The van der Waals surface area contributed by atoms with Gasteiger partial charge >= 0.3 is 0 Å². The van der Waals surface area contributed by atoms with Crippen LogP contribution in [0.2, 0.25) is 0 Å². The Balaban J connectivity index is 1.97. The van der Waals surface area contributed by atoms with Crippen molar-refractivity contribution in [3.05, 3.63) is 0 Å². The van der Waals surface area contributed by atoms with Crippen LogP contribution in [-0.2, 0) is 0 Å². The summed E-state index contributed by atoms with van der Waals surface area (Å²) in [4.78, 5) is 0. The average molecular weight is 131 g/mol. The molecule has 2 unspecified atom stereocenters. The maximum atomic E-state index is 5.96. The van der Waals surface area contributed by atoms with Gasteiger partial charge in [0.25, 0.3) is 0 Å². The van der Waals surface area contributed by atoms with E-state index in [-0.39, 0.29) is 0 Å². The number of halogens is 1. The standard InChI is InChI=1S/C7H11Cl/c8-7-5-3-1-2-4-6(5)7/h5-7H,1-4H2. The number of alkyl halides is 1. The van der Waals surface area contributed by atoms with E-state index in [1.165, 1.54) is 25.7 Å². The van der Waals surface area contributed by atoms with Gasteiger partial charge in [-0.1, -0.05) is 12.8 Å². The molecule has 2 aliphatic carbocycles. The van der Waals surface area contributed by atoms with Gasteiger partial charge in [-0.2, -0.15) is 0 Å². The lowest BCUT2D eigenvalue weighted by molar-refractivity contribution is 0.480. The highest BCUT2D eigenvalue weighted by Crippen LogP contribution is 2.53. The molecule has 2 rings (SSSR count). The van der Waals surface area contributed by atoms with Crippen molar-refractivity contribution in [2.45, 2.75) is 31.1 Å². The van der Waals surface area contributed by atoms with Crippen molar-refractivity contribution in [1.29, 1.82) is 0 Å². The smallest absolute Gasteiger partial charge is 0.0398 e. The molecular weight excluding hydrogens is 120 g/mol. The molecule has 0 nitrogen and oxygen atoms in total. The second-order valence-corrected chi connectivity index (χ2v) is 3.56. The molecule has 0 aromatic carbocycles. The largest absolute Gasteiger partial charge is 0.122 e. The van der Waals surface area contributed by atoms with Crippen LogP contribution in [0.15, 0.2) is 0 Å². The van der Waals surface area contributed by atoms with Crippen LogP contribution in [0.25, 0.3) is 0 Å². The molecular formula is C7H11Cl.